The molecule has 0 saturated carbocycles. The number of amides is 17. The number of thiophene rings is 1. The Kier molecular flexibility index (Phi) is 39.8. The molecule has 3 aliphatic rings. The van der Waals surface area contributed by atoms with E-state index in [1.54, 1.807) is 55.8 Å². The van der Waals surface area contributed by atoms with E-state index >= 15 is 43.2 Å². The molecule has 6 heterocycles. The molecule has 7 unspecified atom stereocenters. The Morgan fingerprint density at radius 3 is 1.81 bits per heavy atom. The van der Waals surface area contributed by atoms with Gasteiger partial charge in [0.2, 0.25) is 100 Å². The number of hydrogen-bond donors (Lipinski definition) is 20. The molecule has 15 atom stereocenters. The molecule has 43 nitrogen and oxygen atoms in total. The van der Waals surface area contributed by atoms with E-state index in [9.17, 15) is 48.6 Å². The molecule has 0 bridgehead atoms. The van der Waals surface area contributed by atoms with Gasteiger partial charge in [-0.1, -0.05) is 102 Å². The summed E-state index contributed by atoms with van der Waals surface area (Å²) in [6, 6.07) is -2.47. The summed E-state index contributed by atoms with van der Waals surface area (Å²) in [7, 11) is 3.93. The number of fused-ring (bicyclic) bond motifs is 4. The lowest BCUT2D eigenvalue weighted by Crippen LogP contribution is -2.62. The maximum atomic E-state index is 15.8. The molecule has 738 valence electrons. The number of carbonyl (C=O) groups excluding carboxylic acids is 17. The zero-order valence-electron chi connectivity index (χ0n) is 77.6. The van der Waals surface area contributed by atoms with Crippen molar-refractivity contribution in [3.05, 3.63) is 119 Å². The smallest absolute Gasteiger partial charge is 0.246 e. The maximum Gasteiger partial charge on any atom is 0.246 e. The van der Waals surface area contributed by atoms with E-state index in [1.165, 1.54) is 81.1 Å². The molecular formula is C91H128N24O19S2. The molecule has 17 amide bonds. The van der Waals surface area contributed by atoms with E-state index in [0.717, 1.165) is 41.4 Å². The third kappa shape index (κ3) is 29.6. The van der Waals surface area contributed by atoms with Crippen molar-refractivity contribution in [2.75, 3.05) is 65.4 Å². The number of hydrogen-bond acceptors (Lipinski definition) is 24. The average molecular weight is 1930 g/mol. The van der Waals surface area contributed by atoms with Crippen LogP contribution in [0.5, 0.6) is 5.75 Å². The minimum absolute atomic E-state index is 0.00657. The van der Waals surface area contributed by atoms with E-state index in [4.69, 9.17) is 28.3 Å². The maximum absolute atomic E-state index is 15.8. The first kappa shape index (κ1) is 106. The van der Waals surface area contributed by atoms with E-state index in [1.807, 2.05) is 32.0 Å². The molecule has 45 heteroatoms. The highest BCUT2D eigenvalue weighted by Crippen LogP contribution is 2.30. The lowest BCUT2D eigenvalue weighted by molar-refractivity contribution is -0.149. The van der Waals surface area contributed by atoms with Gasteiger partial charge < -0.3 is 126 Å². The number of nitrogens with zero attached hydrogens (tertiary/aromatic N) is 6. The van der Waals surface area contributed by atoms with Crippen LogP contribution in [0.1, 0.15) is 140 Å². The van der Waals surface area contributed by atoms with Crippen molar-refractivity contribution in [3.63, 3.8) is 0 Å². The van der Waals surface area contributed by atoms with Crippen molar-refractivity contribution < 1.29 is 91.7 Å². The molecule has 0 spiro atoms. The van der Waals surface area contributed by atoms with Crippen LogP contribution < -0.4 is 81.4 Å². The second kappa shape index (κ2) is 50.9. The highest BCUT2D eigenvalue weighted by molar-refractivity contribution is 8.00. The Labute approximate surface area is 795 Å². The third-order valence-corrected chi connectivity index (χ3v) is 26.3. The SMILES string of the molecule is CCCCC1C(=O)N(C)[C@@H](CCCC)C(=O)NC(CCCNC(=N)N)C(=O)N[C@H](C(=O)NCC(N)=O)CSCC(=O)N[C@@H](Cc2ccc(O)cc2)C(=O)N(C)[C@@H](C)C(=O)NC(CC(N)=O)C(=O)N2C[C@@H](N)CC2C(=O)NC(Cc2cnc[nH]2)C(=O)N[C@@H](CC(C)C)C(=O)N2CCCC2C(=O)NC(Cc2c[nH]c3ccccc23)C(=O)N[C@@H](CO)C(=O)N[C@@H](Cc2csc3ccccc23)C(=O)N1C. The number of nitrogens with one attached hydrogen (secondary N) is 14. The van der Waals surface area contributed by atoms with Gasteiger partial charge in [0.15, 0.2) is 5.96 Å². The fourth-order valence-corrected chi connectivity index (χ4v) is 18.6. The Balaban J connectivity index is 1.10. The van der Waals surface area contributed by atoms with Crippen molar-refractivity contribution in [1.29, 1.82) is 5.41 Å². The number of aromatic amines is 2. The van der Waals surface area contributed by atoms with E-state index < -0.39 is 228 Å². The fraction of sp³-hybridized carbons (Fsp3) is 0.527. The first-order valence-electron chi connectivity index (χ1n) is 45.5. The molecule has 6 aromatic rings. The molecule has 0 aliphatic carbocycles. The molecule has 0 radical (unpaired) electrons. The highest BCUT2D eigenvalue weighted by Gasteiger charge is 2.47. The molecule has 136 heavy (non-hydrogen) atoms. The summed E-state index contributed by atoms with van der Waals surface area (Å²) in [6.45, 7) is 6.37. The Morgan fingerprint density at radius 1 is 0.574 bits per heavy atom. The average Bonchev–Trinajstić information content (AvgIpc) is 1.65. The van der Waals surface area contributed by atoms with Crippen molar-refractivity contribution in [1.82, 2.24) is 97.9 Å². The number of imidazole rings is 1. The molecular weight excluding hydrogens is 1800 g/mol. The standard InChI is InChI=1S/C91H128N24O19S2/c1-9-11-23-69-83(127)103-60(22-17-31-98-91(95)96)79(123)110-68(78(122)100-42-75(94)119)46-135-47-76(120)102-64(34-51-27-29-56(117)30-28-51)86(130)111(6)50(5)77(121)106-66(39-74(93)118)89(133)115-43-54(92)37-72(115)85(129)105-62(38-55-41-97-48-101-55)81(125)107-63(33-49(3)4)88(132)114-32-18-25-70(114)84(128)104-61(35-52-40-99-59-21-15-13-19-57(52)59)80(124)109-67(44-116)82(126)108-65(36-53-45-136-73-26-16-14-20-58(53)73)87(131)113(8)71(24-12-10-2)90(134)112(69)7/h13-16,19-21,26-30,40-41,45,48-50,54,60-72,99,116-117H,9-12,17-18,22-25,31-39,42-44,46-47,92H2,1-8H3,(H2,93,118)(H2,94,119)(H,97,101)(H,100,122)(H,102,120)(H,103,127)(H,104,128)(H,105,129)(H,106,121)(H,107,125)(H,108,126)(H,109,124)(H,110,123)(H4,95,96,98)/t50-,54-,60?,61?,62?,63-,64-,65-,66?,67-,68-,69-,70?,71?,72?/m0/s1. The number of guanidine groups is 1. The van der Waals surface area contributed by atoms with Crippen LogP contribution in [0.3, 0.4) is 0 Å². The second-order valence-corrected chi connectivity index (χ2v) is 36.9. The summed E-state index contributed by atoms with van der Waals surface area (Å²) in [5.74, 6) is -17.7. The first-order valence-corrected chi connectivity index (χ1v) is 47.6. The molecule has 3 fully saturated rings. The van der Waals surface area contributed by atoms with Crippen molar-refractivity contribution in [2.45, 2.75) is 234 Å². The van der Waals surface area contributed by atoms with Crippen molar-refractivity contribution >= 4 is 150 Å². The normalized spacial score (nSPS) is 24.7. The number of phenolic OH excluding ortho intramolecular Hbond substituents is 1. The lowest BCUT2D eigenvalue weighted by atomic mass is 10.00. The van der Waals surface area contributed by atoms with Crippen LogP contribution in [-0.4, -0.2) is 312 Å². The Hall–Kier alpha value is -13.3. The zero-order valence-corrected chi connectivity index (χ0v) is 79.2. The highest BCUT2D eigenvalue weighted by atomic mass is 32.2. The molecule has 24 N–H and O–H groups in total. The van der Waals surface area contributed by atoms with Gasteiger partial charge in [-0.05, 0) is 116 Å². The number of nitrogens with two attached hydrogens (primary N) is 4. The van der Waals surface area contributed by atoms with E-state index in [-0.39, 0.29) is 108 Å². The number of rotatable bonds is 26. The van der Waals surface area contributed by atoms with Gasteiger partial charge in [0.1, 0.15) is 90.3 Å². The first-order chi connectivity index (χ1) is 64.8. The number of benzene rings is 3. The van der Waals surface area contributed by atoms with Gasteiger partial charge in [0.05, 0.1) is 31.7 Å². The summed E-state index contributed by atoms with van der Waals surface area (Å²) < 4.78 is 0.822. The van der Waals surface area contributed by atoms with Gasteiger partial charge in [-0.15, -0.1) is 23.1 Å². The number of thioether (sulfide) groups is 1. The topological polar surface area (TPSA) is 652 Å². The predicted molar refractivity (Wildman–Crippen MR) is 505 cm³/mol. The van der Waals surface area contributed by atoms with Crippen LogP contribution in [0.15, 0.2) is 96.9 Å². The van der Waals surface area contributed by atoms with Crippen LogP contribution in [0.2, 0.25) is 0 Å². The van der Waals surface area contributed by atoms with E-state index in [2.05, 4.69) is 73.4 Å². The lowest BCUT2D eigenvalue weighted by Gasteiger charge is -2.36. The molecule has 3 aliphatic heterocycles. The number of aromatic nitrogens is 3. The number of likely N-dealkylation sites (N-methyl/N-ethyl adjacent to an activating group) is 3. The van der Waals surface area contributed by atoms with Gasteiger partial charge in [-0.25, -0.2) is 4.98 Å². The van der Waals surface area contributed by atoms with Gasteiger partial charge >= 0.3 is 0 Å². The minimum atomic E-state index is -1.85. The minimum Gasteiger partial charge on any atom is -0.508 e. The van der Waals surface area contributed by atoms with Gasteiger partial charge in [-0.2, -0.15) is 0 Å². The fourth-order valence-electron chi connectivity index (χ4n) is 16.7. The molecule has 3 aromatic carbocycles. The van der Waals surface area contributed by atoms with Crippen molar-refractivity contribution in [3.8, 4) is 5.75 Å². The van der Waals surface area contributed by atoms with Crippen LogP contribution in [0, 0.1) is 11.3 Å². The molecule has 9 rings (SSSR count). The summed E-state index contributed by atoms with van der Waals surface area (Å²) in [5.41, 5.74) is 25.8. The number of phenols is 1. The number of primary amides is 2. The van der Waals surface area contributed by atoms with Crippen LogP contribution >= 0.6 is 23.1 Å². The predicted octanol–water partition coefficient (Wildman–Crippen LogP) is -2.23. The van der Waals surface area contributed by atoms with Crippen LogP contribution in [0.25, 0.3) is 21.0 Å². The van der Waals surface area contributed by atoms with Crippen LogP contribution in [-0.2, 0) is 107 Å². The quantitative estimate of drug-likeness (QED) is 0.0155. The van der Waals surface area contributed by atoms with E-state index in [0.29, 0.717) is 59.0 Å². The summed E-state index contributed by atoms with van der Waals surface area (Å²) in [6.07, 6.45) is 4.01. The molecule has 3 saturated heterocycles. The monoisotopic (exact) mass is 1920 g/mol. The Bertz CT molecular complexity index is 5250. The van der Waals surface area contributed by atoms with Crippen molar-refractivity contribution in [2.24, 2.45) is 28.9 Å². The number of unbranched alkanes of at least 4 members (excludes halogenated alkanes) is 2. The third-order valence-electron chi connectivity index (χ3n) is 24.3. The summed E-state index contributed by atoms with van der Waals surface area (Å²) in [5, 5.41) is 61.8. The Morgan fingerprint density at radius 2 is 1.15 bits per heavy atom. The number of H-pyrrole nitrogens is 2. The number of aliphatic hydroxyl groups is 1. The van der Waals surface area contributed by atoms with Gasteiger partial charge in [0.25, 0.3) is 0 Å². The van der Waals surface area contributed by atoms with Crippen LogP contribution in [0.4, 0.5) is 0 Å². The number of carbonyl (C=O) groups is 17. The zero-order chi connectivity index (χ0) is 99.3. The second-order valence-electron chi connectivity index (χ2n) is 35.0. The largest absolute Gasteiger partial charge is 0.508 e. The molecule has 3 aromatic heterocycles. The number of aliphatic hydroxyl groups excluding tert-OH is 1. The van der Waals surface area contributed by atoms with Gasteiger partial charge in [0, 0.05) is 112 Å². The summed E-state index contributed by atoms with van der Waals surface area (Å²) >= 11 is 2.12. The van der Waals surface area contributed by atoms with Gasteiger partial charge in [-0.3, -0.25) is 86.9 Å². The number of para-hydroxylation sites is 1. The summed E-state index contributed by atoms with van der Waals surface area (Å²) in [4.78, 5) is 267. The number of aromatic hydroxyl groups is 1.